The van der Waals surface area contributed by atoms with Crippen molar-refractivity contribution in [2.75, 3.05) is 0 Å². The number of carbonyl (C=O) groups is 1. The standard InChI is InChI=1S/C14H13BrFNOS/c1-2-10-4-5-11(19-10)8-17-14(18)9-3-6-13(16)12(15)7-9/h3-7H,2,8H2,1H3,(H,17,18). The molecule has 0 unspecified atom stereocenters. The predicted octanol–water partition coefficient (Wildman–Crippen LogP) is 4.14. The van der Waals surface area contributed by atoms with Crippen molar-refractivity contribution in [1.82, 2.24) is 5.32 Å². The molecule has 0 aliphatic heterocycles. The van der Waals surface area contributed by atoms with Gasteiger partial charge in [-0.25, -0.2) is 4.39 Å². The molecule has 0 aliphatic carbocycles. The van der Waals surface area contributed by atoms with Crippen LogP contribution in [0, 0.1) is 5.82 Å². The SMILES string of the molecule is CCc1ccc(CNC(=O)c2ccc(F)c(Br)c2)s1. The molecule has 0 radical (unpaired) electrons. The van der Waals surface area contributed by atoms with Crippen LogP contribution in [0.4, 0.5) is 4.39 Å². The lowest BCUT2D eigenvalue weighted by molar-refractivity contribution is 0.0951. The second-order valence-corrected chi connectivity index (χ2v) is 6.14. The Morgan fingerprint density at radius 3 is 2.68 bits per heavy atom. The maximum absolute atomic E-state index is 13.1. The van der Waals surface area contributed by atoms with Crippen LogP contribution in [0.2, 0.25) is 0 Å². The molecule has 100 valence electrons. The van der Waals surface area contributed by atoms with Crippen LogP contribution in [0.5, 0.6) is 0 Å². The molecule has 2 aromatic rings. The fraction of sp³-hybridized carbons (Fsp3) is 0.214. The van der Waals surface area contributed by atoms with E-state index in [4.69, 9.17) is 0 Å². The lowest BCUT2D eigenvalue weighted by Gasteiger charge is -2.04. The molecule has 2 nitrogen and oxygen atoms in total. The molecule has 0 saturated heterocycles. The lowest BCUT2D eigenvalue weighted by atomic mass is 10.2. The van der Waals surface area contributed by atoms with Crippen molar-refractivity contribution in [1.29, 1.82) is 0 Å². The first-order valence-electron chi connectivity index (χ1n) is 5.91. The molecule has 1 aromatic carbocycles. The molecule has 0 fully saturated rings. The van der Waals surface area contributed by atoms with Crippen molar-refractivity contribution in [3.8, 4) is 0 Å². The van der Waals surface area contributed by atoms with Crippen molar-refractivity contribution in [3.63, 3.8) is 0 Å². The zero-order valence-electron chi connectivity index (χ0n) is 10.4. The highest BCUT2D eigenvalue weighted by atomic mass is 79.9. The molecule has 19 heavy (non-hydrogen) atoms. The molecule has 1 N–H and O–H groups in total. The third kappa shape index (κ3) is 3.64. The number of thiophene rings is 1. The summed E-state index contributed by atoms with van der Waals surface area (Å²) < 4.78 is 13.4. The van der Waals surface area contributed by atoms with Crippen molar-refractivity contribution in [3.05, 3.63) is 55.9 Å². The van der Waals surface area contributed by atoms with Gasteiger partial charge in [-0.3, -0.25) is 4.79 Å². The summed E-state index contributed by atoms with van der Waals surface area (Å²) in [5.74, 6) is -0.574. The number of rotatable bonds is 4. The molecule has 5 heteroatoms. The molecule has 0 aliphatic rings. The molecular formula is C14H13BrFNOS. The summed E-state index contributed by atoms with van der Waals surface area (Å²) in [6, 6.07) is 8.32. The van der Waals surface area contributed by atoms with E-state index in [1.807, 2.05) is 6.07 Å². The summed E-state index contributed by atoms with van der Waals surface area (Å²) >= 11 is 4.76. The Morgan fingerprint density at radius 1 is 1.32 bits per heavy atom. The molecule has 0 spiro atoms. The van der Waals surface area contributed by atoms with Crippen LogP contribution in [0.1, 0.15) is 27.0 Å². The van der Waals surface area contributed by atoms with Crippen LogP contribution in [0.15, 0.2) is 34.8 Å². The van der Waals surface area contributed by atoms with E-state index in [0.29, 0.717) is 16.6 Å². The summed E-state index contributed by atoms with van der Waals surface area (Å²) in [7, 11) is 0. The minimum absolute atomic E-state index is 0.202. The molecule has 0 bridgehead atoms. The van der Waals surface area contributed by atoms with Gasteiger partial charge in [0.2, 0.25) is 0 Å². The molecule has 0 saturated carbocycles. The number of aryl methyl sites for hydroxylation is 1. The summed E-state index contributed by atoms with van der Waals surface area (Å²) in [6.07, 6.45) is 1.00. The Hall–Kier alpha value is -1.20. The topological polar surface area (TPSA) is 29.1 Å². The minimum Gasteiger partial charge on any atom is -0.347 e. The number of hydrogen-bond acceptors (Lipinski definition) is 2. The van der Waals surface area contributed by atoms with Crippen LogP contribution in [-0.2, 0) is 13.0 Å². The van der Waals surface area contributed by atoms with Crippen molar-refractivity contribution < 1.29 is 9.18 Å². The van der Waals surface area contributed by atoms with Gasteiger partial charge in [-0.1, -0.05) is 6.92 Å². The minimum atomic E-state index is -0.373. The summed E-state index contributed by atoms with van der Waals surface area (Å²) in [4.78, 5) is 14.3. The van der Waals surface area contributed by atoms with E-state index in [1.165, 1.54) is 23.1 Å². The van der Waals surface area contributed by atoms with Crippen LogP contribution in [0.3, 0.4) is 0 Å². The van der Waals surface area contributed by atoms with Gasteiger partial charge in [-0.2, -0.15) is 0 Å². The van der Waals surface area contributed by atoms with Gasteiger partial charge in [0.25, 0.3) is 5.91 Å². The molecule has 1 aromatic heterocycles. The number of carbonyl (C=O) groups excluding carboxylic acids is 1. The van der Waals surface area contributed by atoms with E-state index in [-0.39, 0.29) is 11.7 Å². The Morgan fingerprint density at radius 2 is 2.05 bits per heavy atom. The maximum Gasteiger partial charge on any atom is 0.251 e. The summed E-state index contributed by atoms with van der Waals surface area (Å²) in [5.41, 5.74) is 0.445. The smallest absolute Gasteiger partial charge is 0.251 e. The van der Waals surface area contributed by atoms with E-state index < -0.39 is 0 Å². The van der Waals surface area contributed by atoms with Crippen molar-refractivity contribution >= 4 is 33.2 Å². The first-order valence-corrected chi connectivity index (χ1v) is 7.52. The Labute approximate surface area is 123 Å². The van der Waals surface area contributed by atoms with Gasteiger partial charge < -0.3 is 5.32 Å². The van der Waals surface area contributed by atoms with Gasteiger partial charge in [0.15, 0.2) is 0 Å². The second-order valence-electron chi connectivity index (χ2n) is 4.03. The lowest BCUT2D eigenvalue weighted by Crippen LogP contribution is -2.22. The highest BCUT2D eigenvalue weighted by Crippen LogP contribution is 2.18. The fourth-order valence-electron chi connectivity index (χ4n) is 1.61. The Bertz CT molecular complexity index is 597. The van der Waals surface area contributed by atoms with Gasteiger partial charge >= 0.3 is 0 Å². The van der Waals surface area contributed by atoms with Crippen molar-refractivity contribution in [2.45, 2.75) is 19.9 Å². The quantitative estimate of drug-likeness (QED) is 0.889. The monoisotopic (exact) mass is 341 g/mol. The van der Waals surface area contributed by atoms with Gasteiger partial charge in [-0.15, -0.1) is 11.3 Å². The second kappa shape index (κ2) is 6.30. The van der Waals surface area contributed by atoms with Crippen LogP contribution >= 0.6 is 27.3 Å². The Balaban J connectivity index is 1.99. The van der Waals surface area contributed by atoms with E-state index >= 15 is 0 Å². The summed E-state index contributed by atoms with van der Waals surface area (Å²) in [6.45, 7) is 2.60. The molecule has 1 amide bonds. The number of benzene rings is 1. The fourth-order valence-corrected chi connectivity index (χ4v) is 2.89. The highest BCUT2D eigenvalue weighted by molar-refractivity contribution is 9.10. The van der Waals surface area contributed by atoms with Crippen LogP contribution < -0.4 is 5.32 Å². The molecule has 2 rings (SSSR count). The van der Waals surface area contributed by atoms with Gasteiger partial charge in [-0.05, 0) is 52.7 Å². The number of hydrogen-bond donors (Lipinski definition) is 1. The number of amides is 1. The molecule has 1 heterocycles. The normalized spacial score (nSPS) is 10.5. The number of nitrogens with one attached hydrogen (secondary N) is 1. The Kier molecular flexibility index (Phi) is 4.71. The predicted molar refractivity (Wildman–Crippen MR) is 79.0 cm³/mol. The maximum atomic E-state index is 13.1. The third-order valence-electron chi connectivity index (χ3n) is 2.67. The first kappa shape index (κ1) is 14.2. The van der Waals surface area contributed by atoms with E-state index in [0.717, 1.165) is 11.3 Å². The zero-order chi connectivity index (χ0) is 13.8. The van der Waals surface area contributed by atoms with E-state index in [1.54, 1.807) is 11.3 Å². The molecular weight excluding hydrogens is 329 g/mol. The largest absolute Gasteiger partial charge is 0.347 e. The summed E-state index contributed by atoms with van der Waals surface area (Å²) in [5, 5.41) is 2.83. The van der Waals surface area contributed by atoms with Gasteiger partial charge in [0, 0.05) is 15.3 Å². The molecule has 0 atom stereocenters. The van der Waals surface area contributed by atoms with Crippen LogP contribution in [0.25, 0.3) is 0 Å². The first-order chi connectivity index (χ1) is 9.10. The average molecular weight is 342 g/mol. The van der Waals surface area contributed by atoms with Gasteiger partial charge in [0.1, 0.15) is 5.82 Å². The van der Waals surface area contributed by atoms with E-state index in [9.17, 15) is 9.18 Å². The van der Waals surface area contributed by atoms with Crippen molar-refractivity contribution in [2.24, 2.45) is 0 Å². The van der Waals surface area contributed by atoms with Gasteiger partial charge in [0.05, 0.1) is 11.0 Å². The number of halogens is 2. The highest BCUT2D eigenvalue weighted by Gasteiger charge is 2.08. The third-order valence-corrected chi connectivity index (χ3v) is 4.51. The zero-order valence-corrected chi connectivity index (χ0v) is 12.8. The van der Waals surface area contributed by atoms with E-state index in [2.05, 4.69) is 34.2 Å². The van der Waals surface area contributed by atoms with Crippen LogP contribution in [-0.4, -0.2) is 5.91 Å². The average Bonchev–Trinajstić information content (AvgIpc) is 2.87.